The molecule has 12 heteroatoms. The van der Waals surface area contributed by atoms with E-state index in [1.165, 1.54) is 24.5 Å². The van der Waals surface area contributed by atoms with Crippen molar-refractivity contribution < 1.29 is 40.6 Å². The first-order chi connectivity index (χ1) is 18.2. The quantitative estimate of drug-likeness (QED) is 0.409. The molecular formula is C26H24F5N3O4. The van der Waals surface area contributed by atoms with E-state index in [-0.39, 0.29) is 47.3 Å². The van der Waals surface area contributed by atoms with Crippen LogP contribution in [0, 0.1) is 11.6 Å². The number of alkyl halides is 3. The van der Waals surface area contributed by atoms with Crippen LogP contribution < -0.4 is 4.74 Å². The van der Waals surface area contributed by atoms with E-state index in [4.69, 9.17) is 9.15 Å². The van der Waals surface area contributed by atoms with E-state index < -0.39 is 18.0 Å². The van der Waals surface area contributed by atoms with Crippen LogP contribution in [0.25, 0.3) is 11.3 Å². The van der Waals surface area contributed by atoms with Gasteiger partial charge in [-0.15, -0.1) is 13.2 Å². The molecular weight excluding hydrogens is 513 g/mol. The molecule has 2 amide bonds. The maximum absolute atomic E-state index is 14.3. The fraction of sp³-hybridized carbons (Fsp3) is 0.385. The molecule has 1 aromatic heterocycles. The summed E-state index contributed by atoms with van der Waals surface area (Å²) in [6.45, 7) is 2.38. The Labute approximate surface area is 214 Å². The number of likely N-dealkylation sites (tertiary alicyclic amines) is 1. The van der Waals surface area contributed by atoms with Crippen LogP contribution in [0.4, 0.5) is 26.7 Å². The van der Waals surface area contributed by atoms with Crippen LogP contribution in [-0.4, -0.2) is 66.6 Å². The Kier molecular flexibility index (Phi) is 7.24. The van der Waals surface area contributed by atoms with Crippen molar-refractivity contribution in [2.24, 2.45) is 0 Å². The van der Waals surface area contributed by atoms with Crippen molar-refractivity contribution in [2.75, 3.05) is 39.4 Å². The van der Waals surface area contributed by atoms with E-state index in [9.17, 15) is 26.7 Å². The molecule has 0 aliphatic carbocycles. The first kappa shape index (κ1) is 26.0. The number of piperidine rings is 1. The molecule has 2 saturated heterocycles. The number of nitrogens with zero attached hydrogens (tertiary/aromatic N) is 3. The number of carbonyl (C=O) groups is 1. The molecule has 3 aromatic rings. The number of halogens is 5. The van der Waals surface area contributed by atoms with Crippen molar-refractivity contribution in [3.8, 4) is 17.0 Å². The van der Waals surface area contributed by atoms with Gasteiger partial charge in [0.15, 0.2) is 5.89 Å². The van der Waals surface area contributed by atoms with Crippen LogP contribution in [0.2, 0.25) is 0 Å². The minimum atomic E-state index is -4.80. The normalized spacial score (nSPS) is 20.4. The highest BCUT2D eigenvalue weighted by molar-refractivity contribution is 5.75. The molecule has 0 saturated carbocycles. The lowest BCUT2D eigenvalue weighted by Crippen LogP contribution is -2.52. The fourth-order valence-corrected chi connectivity index (χ4v) is 4.87. The van der Waals surface area contributed by atoms with Gasteiger partial charge in [-0.05, 0) is 36.2 Å². The highest BCUT2D eigenvalue weighted by Crippen LogP contribution is 2.38. The van der Waals surface area contributed by atoms with Crippen LogP contribution in [0.3, 0.4) is 0 Å². The molecule has 2 unspecified atom stereocenters. The zero-order valence-corrected chi connectivity index (χ0v) is 20.1. The maximum atomic E-state index is 14.3. The Morgan fingerprint density at radius 3 is 2.37 bits per heavy atom. The molecule has 0 spiro atoms. The molecule has 202 valence electrons. The summed E-state index contributed by atoms with van der Waals surface area (Å²) in [6.07, 6.45) is -3.03. The van der Waals surface area contributed by atoms with Crippen molar-refractivity contribution in [3.05, 3.63) is 71.8 Å². The van der Waals surface area contributed by atoms with E-state index in [1.807, 2.05) is 0 Å². The highest BCUT2D eigenvalue weighted by Gasteiger charge is 2.36. The van der Waals surface area contributed by atoms with Gasteiger partial charge in [0.05, 0.1) is 19.1 Å². The number of hydrogen-bond donors (Lipinski definition) is 0. The van der Waals surface area contributed by atoms with Gasteiger partial charge in [0.1, 0.15) is 29.3 Å². The second kappa shape index (κ2) is 10.6. The van der Waals surface area contributed by atoms with Gasteiger partial charge in [0.2, 0.25) is 0 Å². The van der Waals surface area contributed by atoms with Crippen LogP contribution >= 0.6 is 0 Å². The van der Waals surface area contributed by atoms with Gasteiger partial charge < -0.3 is 23.7 Å². The van der Waals surface area contributed by atoms with Gasteiger partial charge in [-0.1, -0.05) is 12.1 Å². The molecule has 3 heterocycles. The number of urea groups is 1. The van der Waals surface area contributed by atoms with Crippen molar-refractivity contribution >= 4 is 6.03 Å². The standard InChI is InChI=1S/C26H24F5N3O4/c27-19-3-6-21(22(28)12-19)23-15-37-24(32-23)18-11-17(16-1-4-20(5-2-16)38-26(29,30)31)13-34(14-18)25(35)33-7-9-36-10-8-33/h1-6,12,15,17-18H,7-11,13-14H2. The predicted molar refractivity (Wildman–Crippen MR) is 124 cm³/mol. The summed E-state index contributed by atoms with van der Waals surface area (Å²) >= 11 is 0. The molecule has 2 aliphatic heterocycles. The number of hydrogen-bond acceptors (Lipinski definition) is 5. The van der Waals surface area contributed by atoms with E-state index in [0.717, 1.165) is 17.7 Å². The van der Waals surface area contributed by atoms with E-state index in [1.54, 1.807) is 21.9 Å². The van der Waals surface area contributed by atoms with Crippen LogP contribution in [0.15, 0.2) is 53.1 Å². The van der Waals surface area contributed by atoms with Gasteiger partial charge in [0.25, 0.3) is 0 Å². The number of aromatic nitrogens is 1. The third kappa shape index (κ3) is 5.90. The number of carbonyl (C=O) groups excluding carboxylic acids is 1. The molecule has 0 bridgehead atoms. The molecule has 7 nitrogen and oxygen atoms in total. The lowest BCUT2D eigenvalue weighted by molar-refractivity contribution is -0.274. The third-order valence-electron chi connectivity index (χ3n) is 6.67. The van der Waals surface area contributed by atoms with Gasteiger partial charge >= 0.3 is 12.4 Å². The van der Waals surface area contributed by atoms with Gasteiger partial charge in [-0.2, -0.15) is 0 Å². The molecule has 5 rings (SSSR count). The van der Waals surface area contributed by atoms with Crippen LogP contribution in [0.5, 0.6) is 5.75 Å². The summed E-state index contributed by atoms with van der Waals surface area (Å²) in [4.78, 5) is 21.1. The van der Waals surface area contributed by atoms with Crippen molar-refractivity contribution in [3.63, 3.8) is 0 Å². The van der Waals surface area contributed by atoms with Crippen LogP contribution in [0.1, 0.15) is 29.7 Å². The molecule has 0 radical (unpaired) electrons. The number of ether oxygens (including phenoxy) is 2. The van der Waals surface area contributed by atoms with Crippen molar-refractivity contribution in [2.45, 2.75) is 24.6 Å². The molecule has 2 aromatic carbocycles. The second-order valence-electron chi connectivity index (χ2n) is 9.23. The minimum Gasteiger partial charge on any atom is -0.448 e. The van der Waals surface area contributed by atoms with E-state index in [2.05, 4.69) is 9.72 Å². The predicted octanol–water partition coefficient (Wildman–Crippen LogP) is 5.54. The summed E-state index contributed by atoms with van der Waals surface area (Å²) in [6, 6.07) is 8.53. The molecule has 2 fully saturated rings. The number of amides is 2. The largest absolute Gasteiger partial charge is 0.573 e. The Bertz CT molecular complexity index is 1270. The molecule has 38 heavy (non-hydrogen) atoms. The summed E-state index contributed by atoms with van der Waals surface area (Å²) in [7, 11) is 0. The number of benzene rings is 2. The average Bonchev–Trinajstić information content (AvgIpc) is 3.38. The first-order valence-corrected chi connectivity index (χ1v) is 12.0. The topological polar surface area (TPSA) is 68.0 Å². The van der Waals surface area contributed by atoms with Crippen molar-refractivity contribution in [1.29, 1.82) is 0 Å². The third-order valence-corrected chi connectivity index (χ3v) is 6.67. The van der Waals surface area contributed by atoms with Crippen LogP contribution in [-0.2, 0) is 4.74 Å². The monoisotopic (exact) mass is 537 g/mol. The summed E-state index contributed by atoms with van der Waals surface area (Å²) in [5, 5.41) is 0. The second-order valence-corrected chi connectivity index (χ2v) is 9.23. The lowest BCUT2D eigenvalue weighted by Gasteiger charge is -2.40. The summed E-state index contributed by atoms with van der Waals surface area (Å²) in [5.41, 5.74) is 0.995. The fourth-order valence-electron chi connectivity index (χ4n) is 4.87. The number of oxazole rings is 1. The minimum absolute atomic E-state index is 0.0789. The molecule has 2 aliphatic rings. The molecule has 2 atom stereocenters. The SMILES string of the molecule is O=C(N1CCOCC1)N1CC(c2ccc(OC(F)(F)F)cc2)CC(c2nc(-c3ccc(F)cc3F)co2)C1. The maximum Gasteiger partial charge on any atom is 0.573 e. The zero-order valence-electron chi connectivity index (χ0n) is 20.1. The Balaban J connectivity index is 1.41. The van der Waals surface area contributed by atoms with Gasteiger partial charge in [-0.3, -0.25) is 0 Å². The number of rotatable bonds is 4. The average molecular weight is 537 g/mol. The lowest BCUT2D eigenvalue weighted by atomic mass is 9.84. The number of morpholine rings is 1. The van der Waals surface area contributed by atoms with E-state index in [0.29, 0.717) is 39.3 Å². The smallest absolute Gasteiger partial charge is 0.448 e. The van der Waals surface area contributed by atoms with E-state index >= 15 is 0 Å². The summed E-state index contributed by atoms with van der Waals surface area (Å²) in [5.74, 6) is -2.16. The highest BCUT2D eigenvalue weighted by atomic mass is 19.4. The van der Waals surface area contributed by atoms with Crippen molar-refractivity contribution in [1.82, 2.24) is 14.8 Å². The Hall–Kier alpha value is -3.67. The zero-order chi connectivity index (χ0) is 26.9. The van der Waals surface area contributed by atoms with Gasteiger partial charge in [-0.25, -0.2) is 18.6 Å². The Morgan fingerprint density at radius 2 is 1.68 bits per heavy atom. The summed E-state index contributed by atoms with van der Waals surface area (Å²) < 4.78 is 80.4. The molecule has 0 N–H and O–H groups in total. The first-order valence-electron chi connectivity index (χ1n) is 12.0. The van der Waals surface area contributed by atoms with Gasteiger partial charge in [0, 0.05) is 43.7 Å². The Morgan fingerprint density at radius 1 is 0.974 bits per heavy atom.